The third kappa shape index (κ3) is 5.65. The summed E-state index contributed by atoms with van der Waals surface area (Å²) in [4.78, 5) is 25.8. The van der Waals surface area contributed by atoms with Gasteiger partial charge in [0.15, 0.2) is 10.9 Å². The molecular formula is C25H28N6O3S. The van der Waals surface area contributed by atoms with Gasteiger partial charge in [-0.1, -0.05) is 17.8 Å². The number of ether oxygens (including phenoxy) is 2. The second kappa shape index (κ2) is 10.6. The SMILES string of the molecule is CCOc1cnc(SC)nc1N=C(N)c1ccc([C@@H]2CC2C(=O)Nc2ccc(OC)cc2)cc1N. The molecule has 0 radical (unpaired) electrons. The second-order valence-corrected chi connectivity index (χ2v) is 8.76. The van der Waals surface area contributed by atoms with Crippen LogP contribution >= 0.6 is 11.8 Å². The zero-order valence-corrected chi connectivity index (χ0v) is 20.6. The minimum atomic E-state index is -0.104. The number of nitrogens with zero attached hydrogens (tertiary/aromatic N) is 3. The molecule has 182 valence electrons. The number of benzene rings is 2. The van der Waals surface area contributed by atoms with Crippen LogP contribution in [0.15, 0.2) is 58.8 Å². The predicted molar refractivity (Wildman–Crippen MR) is 139 cm³/mol. The molecule has 35 heavy (non-hydrogen) atoms. The third-order valence-electron chi connectivity index (χ3n) is 5.69. The molecule has 1 saturated carbocycles. The number of rotatable bonds is 9. The van der Waals surface area contributed by atoms with Gasteiger partial charge in [-0.2, -0.15) is 4.98 Å². The number of amidine groups is 1. The Balaban J connectivity index is 1.47. The van der Waals surface area contributed by atoms with Gasteiger partial charge in [0, 0.05) is 22.9 Å². The monoisotopic (exact) mass is 492 g/mol. The van der Waals surface area contributed by atoms with Gasteiger partial charge in [0.2, 0.25) is 11.7 Å². The zero-order chi connectivity index (χ0) is 24.9. The van der Waals surface area contributed by atoms with E-state index in [9.17, 15) is 4.79 Å². The fraction of sp³-hybridized carbons (Fsp3) is 0.280. The van der Waals surface area contributed by atoms with Gasteiger partial charge in [-0.05, 0) is 67.5 Å². The second-order valence-electron chi connectivity index (χ2n) is 7.99. The van der Waals surface area contributed by atoms with E-state index in [0.29, 0.717) is 34.6 Å². The number of anilines is 2. The van der Waals surface area contributed by atoms with Crippen molar-refractivity contribution in [2.24, 2.45) is 16.6 Å². The summed E-state index contributed by atoms with van der Waals surface area (Å²) in [5.74, 6) is 1.76. The van der Waals surface area contributed by atoms with Crippen molar-refractivity contribution in [3.63, 3.8) is 0 Å². The van der Waals surface area contributed by atoms with Crippen molar-refractivity contribution in [3.05, 3.63) is 59.8 Å². The van der Waals surface area contributed by atoms with Crippen LogP contribution in [-0.2, 0) is 4.79 Å². The molecule has 5 N–H and O–H groups in total. The zero-order valence-electron chi connectivity index (χ0n) is 19.8. The van der Waals surface area contributed by atoms with E-state index in [1.807, 2.05) is 55.6 Å². The van der Waals surface area contributed by atoms with Crippen LogP contribution in [0.25, 0.3) is 0 Å². The Kier molecular flexibility index (Phi) is 7.40. The first kappa shape index (κ1) is 24.3. The maximum atomic E-state index is 12.7. The number of nitrogens with one attached hydrogen (secondary N) is 1. The molecule has 1 heterocycles. The maximum absolute atomic E-state index is 12.7. The molecule has 0 bridgehead atoms. The van der Waals surface area contributed by atoms with E-state index in [1.54, 1.807) is 13.3 Å². The van der Waals surface area contributed by atoms with E-state index in [0.717, 1.165) is 23.4 Å². The van der Waals surface area contributed by atoms with Crippen molar-refractivity contribution in [2.75, 3.05) is 31.0 Å². The standard InChI is InChI=1S/C25H28N6O3S/c1-4-34-21-13-28-25(35-3)31-23(21)30-22(27)17-10-5-14(11-20(17)26)18-12-19(18)24(32)29-15-6-8-16(33-2)9-7-15/h5-11,13,18-19H,4,12,26H2,1-3H3,(H,29,32)(H2,27,28,30,31)/t18-,19?/m0/s1. The Hall–Kier alpha value is -3.79. The maximum Gasteiger partial charge on any atom is 0.228 e. The number of methoxy groups -OCH3 is 1. The average Bonchev–Trinajstić information content (AvgIpc) is 3.67. The number of hydrogen-bond donors (Lipinski definition) is 3. The van der Waals surface area contributed by atoms with Crippen LogP contribution in [-0.4, -0.2) is 41.7 Å². The summed E-state index contributed by atoms with van der Waals surface area (Å²) < 4.78 is 10.7. The lowest BCUT2D eigenvalue weighted by molar-refractivity contribution is -0.117. The Labute approximate surface area is 208 Å². The van der Waals surface area contributed by atoms with Gasteiger partial charge in [-0.3, -0.25) is 4.79 Å². The molecule has 1 aromatic heterocycles. The van der Waals surface area contributed by atoms with Crippen LogP contribution in [0.5, 0.6) is 11.5 Å². The van der Waals surface area contributed by atoms with Gasteiger partial charge in [0.1, 0.15) is 11.6 Å². The van der Waals surface area contributed by atoms with Gasteiger partial charge in [-0.25, -0.2) is 9.98 Å². The van der Waals surface area contributed by atoms with E-state index >= 15 is 0 Å². The molecule has 1 amide bonds. The molecular weight excluding hydrogens is 464 g/mol. The number of aliphatic imine (C=N–C) groups is 1. The number of aromatic nitrogens is 2. The summed E-state index contributed by atoms with van der Waals surface area (Å²) in [7, 11) is 1.61. The van der Waals surface area contributed by atoms with Gasteiger partial charge in [0.25, 0.3) is 0 Å². The van der Waals surface area contributed by atoms with E-state index < -0.39 is 0 Å². The van der Waals surface area contributed by atoms with Crippen molar-refractivity contribution in [1.29, 1.82) is 0 Å². The number of carbonyl (C=O) groups is 1. The molecule has 2 aromatic carbocycles. The summed E-state index contributed by atoms with van der Waals surface area (Å²) in [6.07, 6.45) is 4.23. The van der Waals surface area contributed by atoms with E-state index in [-0.39, 0.29) is 23.6 Å². The van der Waals surface area contributed by atoms with E-state index in [2.05, 4.69) is 20.3 Å². The number of amides is 1. The molecule has 3 aromatic rings. The third-order valence-corrected chi connectivity index (χ3v) is 6.25. The Bertz CT molecular complexity index is 1250. The highest BCUT2D eigenvalue weighted by Gasteiger charge is 2.44. The number of nitrogens with two attached hydrogens (primary N) is 2. The van der Waals surface area contributed by atoms with Gasteiger partial charge in [0.05, 0.1) is 19.9 Å². The Morgan fingerprint density at radius 2 is 2.03 bits per heavy atom. The predicted octanol–water partition coefficient (Wildman–Crippen LogP) is 3.97. The first-order chi connectivity index (χ1) is 16.9. The summed E-state index contributed by atoms with van der Waals surface area (Å²) >= 11 is 1.40. The Morgan fingerprint density at radius 1 is 1.26 bits per heavy atom. The molecule has 1 fully saturated rings. The topological polar surface area (TPSA) is 138 Å². The summed E-state index contributed by atoms with van der Waals surface area (Å²) in [5, 5.41) is 3.53. The van der Waals surface area contributed by atoms with Crippen LogP contribution in [0.2, 0.25) is 0 Å². The molecule has 4 rings (SSSR count). The normalized spacial score (nSPS) is 17.1. The largest absolute Gasteiger partial charge is 0.497 e. The van der Waals surface area contributed by atoms with Crippen LogP contribution in [0.3, 0.4) is 0 Å². The van der Waals surface area contributed by atoms with E-state index in [1.165, 1.54) is 11.8 Å². The number of carbonyl (C=O) groups excluding carboxylic acids is 1. The van der Waals surface area contributed by atoms with Crippen LogP contribution < -0.4 is 26.3 Å². The van der Waals surface area contributed by atoms with Crippen LogP contribution in [0.1, 0.15) is 30.4 Å². The lowest BCUT2D eigenvalue weighted by atomic mass is 10.0. The fourth-order valence-corrected chi connectivity index (χ4v) is 4.10. The highest BCUT2D eigenvalue weighted by atomic mass is 32.2. The molecule has 1 aliphatic carbocycles. The highest BCUT2D eigenvalue weighted by molar-refractivity contribution is 7.98. The molecule has 0 spiro atoms. The summed E-state index contributed by atoms with van der Waals surface area (Å²) in [6, 6.07) is 12.9. The fourth-order valence-electron chi connectivity index (χ4n) is 3.76. The van der Waals surface area contributed by atoms with E-state index in [4.69, 9.17) is 20.9 Å². The van der Waals surface area contributed by atoms with Crippen LogP contribution in [0, 0.1) is 5.92 Å². The molecule has 0 saturated heterocycles. The molecule has 0 aliphatic heterocycles. The highest BCUT2D eigenvalue weighted by Crippen LogP contribution is 2.48. The summed E-state index contributed by atoms with van der Waals surface area (Å²) in [5.41, 5.74) is 15.4. The number of thioether (sulfide) groups is 1. The minimum absolute atomic E-state index is 0.0132. The van der Waals surface area contributed by atoms with Crippen LogP contribution in [0.4, 0.5) is 17.2 Å². The Morgan fingerprint density at radius 3 is 2.69 bits per heavy atom. The van der Waals surface area contributed by atoms with Gasteiger partial charge in [-0.15, -0.1) is 0 Å². The quantitative estimate of drug-likeness (QED) is 0.134. The first-order valence-electron chi connectivity index (χ1n) is 11.2. The lowest BCUT2D eigenvalue weighted by Gasteiger charge is -2.10. The van der Waals surface area contributed by atoms with Gasteiger partial charge < -0.3 is 26.3 Å². The lowest BCUT2D eigenvalue weighted by Crippen LogP contribution is -2.16. The molecule has 1 unspecified atom stereocenters. The molecule has 10 heteroatoms. The number of nitrogen functional groups attached to an aromatic ring is 1. The van der Waals surface area contributed by atoms with Gasteiger partial charge >= 0.3 is 0 Å². The minimum Gasteiger partial charge on any atom is -0.497 e. The van der Waals surface area contributed by atoms with Crippen molar-refractivity contribution < 1.29 is 14.3 Å². The van der Waals surface area contributed by atoms with Crippen molar-refractivity contribution in [2.45, 2.75) is 24.4 Å². The molecule has 2 atom stereocenters. The number of hydrogen-bond acceptors (Lipinski definition) is 8. The molecule has 9 nitrogen and oxygen atoms in total. The first-order valence-corrected chi connectivity index (χ1v) is 12.4. The summed E-state index contributed by atoms with van der Waals surface area (Å²) in [6.45, 7) is 2.33. The smallest absolute Gasteiger partial charge is 0.228 e. The average molecular weight is 493 g/mol. The molecule has 1 aliphatic rings. The van der Waals surface area contributed by atoms with Crippen molar-refractivity contribution in [1.82, 2.24) is 9.97 Å². The van der Waals surface area contributed by atoms with Crippen molar-refractivity contribution in [3.8, 4) is 11.5 Å². The van der Waals surface area contributed by atoms with Crippen molar-refractivity contribution >= 4 is 40.7 Å².